The van der Waals surface area contributed by atoms with Crippen molar-refractivity contribution in [2.24, 2.45) is 0 Å². The number of carbonyl (C=O) groups is 1. The number of aromatic nitrogens is 3. The van der Waals surface area contributed by atoms with Crippen molar-refractivity contribution in [2.75, 3.05) is 19.6 Å². The molecule has 1 aliphatic carbocycles. The zero-order valence-corrected chi connectivity index (χ0v) is 16.6. The Morgan fingerprint density at radius 2 is 2.03 bits per heavy atom. The van der Waals surface area contributed by atoms with E-state index in [1.807, 2.05) is 24.5 Å². The second kappa shape index (κ2) is 7.99. The largest absolute Gasteiger partial charge is 0.468 e. The summed E-state index contributed by atoms with van der Waals surface area (Å²) >= 11 is 0. The molecule has 1 aliphatic heterocycles. The molecule has 29 heavy (non-hydrogen) atoms. The molecule has 0 aromatic carbocycles. The Balaban J connectivity index is 1.30. The third-order valence-electron chi connectivity index (χ3n) is 6.30. The maximum Gasteiger partial charge on any atom is 0.252 e. The van der Waals surface area contributed by atoms with Crippen LogP contribution in [0.3, 0.4) is 0 Å². The predicted molar refractivity (Wildman–Crippen MR) is 110 cm³/mol. The number of rotatable bonds is 6. The number of furan rings is 1. The fraction of sp³-hybridized carbons (Fsp3) is 0.500. The zero-order chi connectivity index (χ0) is 19.6. The normalized spacial score (nSPS) is 19.2. The highest BCUT2D eigenvalue weighted by Crippen LogP contribution is 2.31. The first-order valence-corrected chi connectivity index (χ1v) is 10.7. The van der Waals surface area contributed by atoms with Crippen LogP contribution in [0.2, 0.25) is 0 Å². The summed E-state index contributed by atoms with van der Waals surface area (Å²) in [6, 6.07) is 6.29. The lowest BCUT2D eigenvalue weighted by atomic mass is 10.2. The minimum atomic E-state index is -0.120. The summed E-state index contributed by atoms with van der Waals surface area (Å²) in [4.78, 5) is 24.3. The van der Waals surface area contributed by atoms with Gasteiger partial charge in [-0.1, -0.05) is 12.8 Å². The van der Waals surface area contributed by atoms with Gasteiger partial charge in [-0.25, -0.2) is 9.97 Å². The van der Waals surface area contributed by atoms with Crippen LogP contribution in [0, 0.1) is 0 Å². The van der Waals surface area contributed by atoms with E-state index >= 15 is 0 Å². The number of nitrogens with one attached hydrogen (secondary N) is 1. The van der Waals surface area contributed by atoms with Crippen LogP contribution in [0.1, 0.15) is 66.7 Å². The van der Waals surface area contributed by atoms with E-state index < -0.39 is 0 Å². The van der Waals surface area contributed by atoms with Gasteiger partial charge < -0.3 is 14.3 Å². The van der Waals surface area contributed by atoms with Crippen molar-refractivity contribution >= 4 is 17.1 Å². The Kier molecular flexibility index (Phi) is 5.06. The highest BCUT2D eigenvalue weighted by atomic mass is 16.3. The van der Waals surface area contributed by atoms with Gasteiger partial charge in [-0.3, -0.25) is 9.69 Å². The Hall–Kier alpha value is -2.67. The number of amides is 1. The van der Waals surface area contributed by atoms with E-state index in [2.05, 4.69) is 24.8 Å². The molecule has 3 aromatic heterocycles. The number of hydrogen-bond donors (Lipinski definition) is 1. The van der Waals surface area contributed by atoms with E-state index in [4.69, 9.17) is 4.42 Å². The van der Waals surface area contributed by atoms with Gasteiger partial charge in [0.15, 0.2) is 5.65 Å². The summed E-state index contributed by atoms with van der Waals surface area (Å²) in [7, 11) is 0. The smallest absolute Gasteiger partial charge is 0.252 e. The molecule has 1 saturated heterocycles. The van der Waals surface area contributed by atoms with Gasteiger partial charge in [0.2, 0.25) is 0 Å². The van der Waals surface area contributed by atoms with Crippen LogP contribution >= 0.6 is 0 Å². The summed E-state index contributed by atoms with van der Waals surface area (Å²) in [5.41, 5.74) is 2.21. The Morgan fingerprint density at radius 1 is 1.21 bits per heavy atom. The van der Waals surface area contributed by atoms with Crippen molar-refractivity contribution in [3.05, 3.63) is 48.3 Å². The molecule has 0 spiro atoms. The predicted octanol–water partition coefficient (Wildman–Crippen LogP) is 3.71. The molecule has 1 saturated carbocycles. The molecule has 3 aromatic rings. The monoisotopic (exact) mass is 393 g/mol. The minimum Gasteiger partial charge on any atom is -0.468 e. The lowest BCUT2D eigenvalue weighted by Gasteiger charge is -2.26. The lowest BCUT2D eigenvalue weighted by Crippen LogP contribution is -2.36. The number of hydrogen-bond acceptors (Lipinski definition) is 5. The first kappa shape index (κ1) is 18.4. The quantitative estimate of drug-likeness (QED) is 0.691. The van der Waals surface area contributed by atoms with Crippen molar-refractivity contribution in [1.29, 1.82) is 0 Å². The number of nitrogens with zero attached hydrogens (tertiary/aromatic N) is 4. The van der Waals surface area contributed by atoms with Crippen LogP contribution in [0.4, 0.5) is 0 Å². The van der Waals surface area contributed by atoms with E-state index in [1.165, 1.54) is 38.5 Å². The molecule has 2 aliphatic rings. The molecule has 4 heterocycles. The van der Waals surface area contributed by atoms with Crippen molar-refractivity contribution in [1.82, 2.24) is 24.8 Å². The molecule has 0 bridgehead atoms. The van der Waals surface area contributed by atoms with Crippen LogP contribution in [-0.2, 0) is 0 Å². The van der Waals surface area contributed by atoms with Crippen molar-refractivity contribution < 1.29 is 9.21 Å². The molecule has 152 valence electrons. The maximum absolute atomic E-state index is 12.8. The zero-order valence-electron chi connectivity index (χ0n) is 16.6. The second-order valence-corrected chi connectivity index (χ2v) is 8.14. The summed E-state index contributed by atoms with van der Waals surface area (Å²) in [5, 5.41) is 3.08. The minimum absolute atomic E-state index is 0.0646. The third-order valence-corrected chi connectivity index (χ3v) is 6.30. The highest BCUT2D eigenvalue weighted by molar-refractivity contribution is 5.96. The number of carbonyl (C=O) groups excluding carboxylic acids is 1. The third kappa shape index (κ3) is 3.67. The maximum atomic E-state index is 12.8. The SMILES string of the molecule is O=C(NCC(c1ccco1)N1CCCC1)c1cnc2c(c1)ncn2C1CCCC1. The Morgan fingerprint density at radius 3 is 2.79 bits per heavy atom. The molecule has 1 N–H and O–H groups in total. The fourth-order valence-electron chi connectivity index (χ4n) is 4.73. The van der Waals surface area contributed by atoms with E-state index in [9.17, 15) is 4.79 Å². The average molecular weight is 393 g/mol. The number of fused-ring (bicyclic) bond motifs is 1. The van der Waals surface area contributed by atoms with E-state index in [0.29, 0.717) is 18.2 Å². The van der Waals surface area contributed by atoms with Gasteiger partial charge in [-0.05, 0) is 57.0 Å². The van der Waals surface area contributed by atoms with Crippen LogP contribution in [0.25, 0.3) is 11.2 Å². The van der Waals surface area contributed by atoms with Crippen molar-refractivity contribution in [3.8, 4) is 0 Å². The van der Waals surface area contributed by atoms with E-state index in [0.717, 1.165) is 30.0 Å². The highest BCUT2D eigenvalue weighted by Gasteiger charge is 2.26. The number of likely N-dealkylation sites (tertiary alicyclic amines) is 1. The van der Waals surface area contributed by atoms with Gasteiger partial charge in [0, 0.05) is 18.8 Å². The number of pyridine rings is 1. The summed E-state index contributed by atoms with van der Waals surface area (Å²) in [6.45, 7) is 2.58. The second-order valence-electron chi connectivity index (χ2n) is 8.14. The molecule has 1 atom stereocenters. The van der Waals surface area contributed by atoms with Gasteiger partial charge >= 0.3 is 0 Å². The first-order valence-electron chi connectivity index (χ1n) is 10.7. The van der Waals surface area contributed by atoms with Crippen LogP contribution in [0.5, 0.6) is 0 Å². The van der Waals surface area contributed by atoms with E-state index in [-0.39, 0.29) is 11.9 Å². The standard InChI is InChI=1S/C22H27N5O2/c28-22(24-14-19(20-8-5-11-29-20)26-9-3-4-10-26)16-12-18-21(23-13-16)27(15-25-18)17-6-1-2-7-17/h5,8,11-13,15,17,19H,1-4,6-7,9-10,14H2,(H,24,28). The van der Waals surface area contributed by atoms with Gasteiger partial charge in [0.1, 0.15) is 11.3 Å². The molecule has 0 radical (unpaired) electrons. The molecule has 2 fully saturated rings. The molecule has 7 nitrogen and oxygen atoms in total. The van der Waals surface area contributed by atoms with Gasteiger partial charge in [0.25, 0.3) is 5.91 Å². The van der Waals surface area contributed by atoms with Crippen LogP contribution in [-0.4, -0.2) is 45.0 Å². The van der Waals surface area contributed by atoms with Crippen LogP contribution < -0.4 is 5.32 Å². The molecular weight excluding hydrogens is 366 g/mol. The van der Waals surface area contributed by atoms with Crippen molar-refractivity contribution in [3.63, 3.8) is 0 Å². The topological polar surface area (TPSA) is 76.2 Å². The average Bonchev–Trinajstić information content (AvgIpc) is 3.55. The van der Waals surface area contributed by atoms with Gasteiger partial charge in [-0.15, -0.1) is 0 Å². The number of imidazole rings is 1. The van der Waals surface area contributed by atoms with Crippen molar-refractivity contribution in [2.45, 2.75) is 50.6 Å². The first-order chi connectivity index (χ1) is 14.3. The van der Waals surface area contributed by atoms with Gasteiger partial charge in [-0.2, -0.15) is 0 Å². The fourth-order valence-corrected chi connectivity index (χ4v) is 4.73. The summed E-state index contributed by atoms with van der Waals surface area (Å²) in [5.74, 6) is 0.779. The molecule has 1 unspecified atom stereocenters. The molecule has 1 amide bonds. The molecule has 5 rings (SSSR count). The summed E-state index contributed by atoms with van der Waals surface area (Å²) < 4.78 is 7.81. The molecule has 7 heteroatoms. The Bertz CT molecular complexity index is 968. The molecular formula is C22H27N5O2. The van der Waals surface area contributed by atoms with Gasteiger partial charge in [0.05, 0.1) is 24.2 Å². The Labute approximate surface area is 170 Å². The van der Waals surface area contributed by atoms with Crippen LogP contribution in [0.15, 0.2) is 41.4 Å². The van der Waals surface area contributed by atoms with E-state index in [1.54, 1.807) is 12.5 Å². The lowest BCUT2D eigenvalue weighted by molar-refractivity contribution is 0.0933. The summed E-state index contributed by atoms with van der Waals surface area (Å²) in [6.07, 6.45) is 12.5.